The summed E-state index contributed by atoms with van der Waals surface area (Å²) in [6.45, 7) is 1.60. The molecule has 2 amide bonds. The maximum absolute atomic E-state index is 12.3. The zero-order chi connectivity index (χ0) is 14.0. The van der Waals surface area contributed by atoms with E-state index in [9.17, 15) is 9.90 Å². The van der Waals surface area contributed by atoms with Crippen LogP contribution in [-0.2, 0) is 4.74 Å². The summed E-state index contributed by atoms with van der Waals surface area (Å²) in [6, 6.07) is 0.242. The third-order valence-electron chi connectivity index (χ3n) is 5.18. The minimum Gasteiger partial charge on any atom is -0.394 e. The van der Waals surface area contributed by atoms with Gasteiger partial charge in [0.15, 0.2) is 0 Å². The second kappa shape index (κ2) is 5.90. The molecule has 0 aromatic heterocycles. The molecular formula is C15H26N2O3. The van der Waals surface area contributed by atoms with E-state index >= 15 is 0 Å². The lowest BCUT2D eigenvalue weighted by Gasteiger charge is -2.39. The van der Waals surface area contributed by atoms with E-state index in [-0.39, 0.29) is 30.3 Å². The SMILES string of the molecule is O=C(N[C@H]1CCOC2(CCCC2)C1)N1CCC[C@@H]1CO. The molecular weight excluding hydrogens is 256 g/mol. The summed E-state index contributed by atoms with van der Waals surface area (Å²) in [6.07, 6.45) is 8.56. The van der Waals surface area contributed by atoms with Gasteiger partial charge in [-0.1, -0.05) is 12.8 Å². The van der Waals surface area contributed by atoms with Crippen LogP contribution in [0.2, 0.25) is 0 Å². The predicted octanol–water partition coefficient (Wildman–Crippen LogP) is 1.64. The van der Waals surface area contributed by atoms with E-state index in [4.69, 9.17) is 4.74 Å². The maximum Gasteiger partial charge on any atom is 0.317 e. The summed E-state index contributed by atoms with van der Waals surface area (Å²) >= 11 is 0. The topological polar surface area (TPSA) is 61.8 Å². The van der Waals surface area contributed by atoms with Gasteiger partial charge >= 0.3 is 6.03 Å². The van der Waals surface area contributed by atoms with Gasteiger partial charge in [-0.2, -0.15) is 0 Å². The zero-order valence-corrected chi connectivity index (χ0v) is 12.1. The van der Waals surface area contributed by atoms with Crippen LogP contribution in [0.25, 0.3) is 0 Å². The second-order valence-corrected chi connectivity index (χ2v) is 6.55. The standard InChI is InChI=1S/C15H26N2O3/c18-11-13-4-3-8-17(13)14(19)16-12-5-9-20-15(10-12)6-1-2-7-15/h12-13,18H,1-11H2,(H,16,19)/t12-,13+/m0/s1. The predicted molar refractivity (Wildman–Crippen MR) is 75.5 cm³/mol. The van der Waals surface area contributed by atoms with Crippen LogP contribution in [-0.4, -0.2) is 53.5 Å². The Hall–Kier alpha value is -0.810. The summed E-state index contributed by atoms with van der Waals surface area (Å²) in [7, 11) is 0. The van der Waals surface area contributed by atoms with E-state index in [2.05, 4.69) is 5.32 Å². The highest BCUT2D eigenvalue weighted by Gasteiger charge is 2.41. The molecule has 0 bridgehead atoms. The number of carbonyl (C=O) groups is 1. The number of nitrogens with zero attached hydrogens (tertiary/aromatic N) is 1. The molecule has 2 saturated heterocycles. The Labute approximate surface area is 120 Å². The van der Waals surface area contributed by atoms with Crippen molar-refractivity contribution < 1.29 is 14.6 Å². The summed E-state index contributed by atoms with van der Waals surface area (Å²) in [4.78, 5) is 14.2. The summed E-state index contributed by atoms with van der Waals surface area (Å²) in [5.74, 6) is 0. The monoisotopic (exact) mass is 282 g/mol. The Balaban J connectivity index is 1.55. The van der Waals surface area contributed by atoms with Gasteiger partial charge in [0, 0.05) is 19.2 Å². The molecule has 2 aliphatic heterocycles. The molecule has 3 fully saturated rings. The van der Waals surface area contributed by atoms with Gasteiger partial charge in [0.25, 0.3) is 0 Å². The number of ether oxygens (including phenoxy) is 1. The molecule has 1 saturated carbocycles. The lowest BCUT2D eigenvalue weighted by atomic mass is 9.89. The van der Waals surface area contributed by atoms with E-state index in [0.717, 1.165) is 51.7 Å². The van der Waals surface area contributed by atoms with Crippen LogP contribution in [0.4, 0.5) is 4.79 Å². The third-order valence-corrected chi connectivity index (χ3v) is 5.18. The van der Waals surface area contributed by atoms with E-state index in [1.54, 1.807) is 4.90 Å². The zero-order valence-electron chi connectivity index (χ0n) is 12.1. The van der Waals surface area contributed by atoms with Gasteiger partial charge in [0.2, 0.25) is 0 Å². The van der Waals surface area contributed by atoms with Crippen LogP contribution in [0.3, 0.4) is 0 Å². The summed E-state index contributed by atoms with van der Waals surface area (Å²) < 4.78 is 6.00. The number of hydrogen-bond acceptors (Lipinski definition) is 3. The lowest BCUT2D eigenvalue weighted by molar-refractivity contribution is -0.0824. The van der Waals surface area contributed by atoms with E-state index in [1.807, 2.05) is 0 Å². The van der Waals surface area contributed by atoms with Crippen molar-refractivity contribution in [2.45, 2.75) is 69.1 Å². The molecule has 5 nitrogen and oxygen atoms in total. The van der Waals surface area contributed by atoms with E-state index < -0.39 is 0 Å². The number of aliphatic hydroxyl groups is 1. The molecule has 0 aromatic rings. The first-order valence-corrected chi connectivity index (χ1v) is 8.04. The highest BCUT2D eigenvalue weighted by molar-refractivity contribution is 5.75. The van der Waals surface area contributed by atoms with Gasteiger partial charge in [-0.05, 0) is 38.5 Å². The van der Waals surface area contributed by atoms with Crippen LogP contribution in [0, 0.1) is 0 Å². The molecule has 2 N–H and O–H groups in total. The van der Waals surface area contributed by atoms with Gasteiger partial charge < -0.3 is 20.1 Å². The molecule has 5 heteroatoms. The number of nitrogens with one attached hydrogen (secondary N) is 1. The maximum atomic E-state index is 12.3. The minimum atomic E-state index is 0.00148. The molecule has 0 unspecified atom stereocenters. The van der Waals surface area contributed by atoms with Crippen LogP contribution < -0.4 is 5.32 Å². The second-order valence-electron chi connectivity index (χ2n) is 6.55. The molecule has 0 aromatic carbocycles. The van der Waals surface area contributed by atoms with Gasteiger partial charge in [-0.15, -0.1) is 0 Å². The Morgan fingerprint density at radius 1 is 1.30 bits per heavy atom. The van der Waals surface area contributed by atoms with Crippen molar-refractivity contribution >= 4 is 6.03 Å². The van der Waals surface area contributed by atoms with Crippen molar-refractivity contribution in [1.82, 2.24) is 10.2 Å². The minimum absolute atomic E-state index is 0.00148. The molecule has 20 heavy (non-hydrogen) atoms. The largest absolute Gasteiger partial charge is 0.394 e. The first-order chi connectivity index (χ1) is 9.72. The number of amides is 2. The number of rotatable bonds is 2. The molecule has 2 heterocycles. The third kappa shape index (κ3) is 2.79. The fourth-order valence-corrected chi connectivity index (χ4v) is 4.07. The van der Waals surface area contributed by atoms with Crippen LogP contribution in [0.15, 0.2) is 0 Å². The molecule has 3 rings (SSSR count). The fraction of sp³-hybridized carbons (Fsp3) is 0.933. The molecule has 1 aliphatic carbocycles. The van der Waals surface area contributed by atoms with Gasteiger partial charge in [0.1, 0.15) is 0 Å². The Morgan fingerprint density at radius 3 is 2.85 bits per heavy atom. The Bertz CT molecular complexity index is 355. The number of likely N-dealkylation sites (tertiary alicyclic amines) is 1. The lowest BCUT2D eigenvalue weighted by Crippen LogP contribution is -2.52. The Morgan fingerprint density at radius 2 is 2.10 bits per heavy atom. The van der Waals surface area contributed by atoms with Crippen molar-refractivity contribution in [3.05, 3.63) is 0 Å². The fourth-order valence-electron chi connectivity index (χ4n) is 4.07. The van der Waals surface area contributed by atoms with Crippen molar-refractivity contribution in [1.29, 1.82) is 0 Å². The highest BCUT2D eigenvalue weighted by Crippen LogP contribution is 2.40. The van der Waals surface area contributed by atoms with Crippen LogP contribution >= 0.6 is 0 Å². The molecule has 0 radical (unpaired) electrons. The number of hydrogen-bond donors (Lipinski definition) is 2. The van der Waals surface area contributed by atoms with Crippen LogP contribution in [0.5, 0.6) is 0 Å². The van der Waals surface area contributed by atoms with Crippen molar-refractivity contribution in [3.8, 4) is 0 Å². The molecule has 114 valence electrons. The average Bonchev–Trinajstić information content (AvgIpc) is 3.08. The number of aliphatic hydroxyl groups excluding tert-OH is 1. The quantitative estimate of drug-likeness (QED) is 0.809. The van der Waals surface area contributed by atoms with E-state index in [1.165, 1.54) is 12.8 Å². The Kier molecular flexibility index (Phi) is 4.17. The number of carbonyl (C=O) groups excluding carboxylic acids is 1. The normalized spacial score (nSPS) is 32.8. The van der Waals surface area contributed by atoms with Crippen molar-refractivity contribution in [3.63, 3.8) is 0 Å². The van der Waals surface area contributed by atoms with Crippen molar-refractivity contribution in [2.75, 3.05) is 19.8 Å². The summed E-state index contributed by atoms with van der Waals surface area (Å²) in [5, 5.41) is 12.5. The van der Waals surface area contributed by atoms with Gasteiger partial charge in [-0.25, -0.2) is 4.79 Å². The average molecular weight is 282 g/mol. The summed E-state index contributed by atoms with van der Waals surface area (Å²) in [5.41, 5.74) is 0.0393. The highest BCUT2D eigenvalue weighted by atomic mass is 16.5. The van der Waals surface area contributed by atoms with Crippen molar-refractivity contribution in [2.24, 2.45) is 0 Å². The van der Waals surface area contributed by atoms with E-state index in [0.29, 0.717) is 0 Å². The van der Waals surface area contributed by atoms with Gasteiger partial charge in [0.05, 0.1) is 18.2 Å². The van der Waals surface area contributed by atoms with Crippen LogP contribution in [0.1, 0.15) is 51.4 Å². The molecule has 1 spiro atoms. The first kappa shape index (κ1) is 14.1. The molecule has 2 atom stereocenters. The first-order valence-electron chi connectivity index (χ1n) is 8.04. The smallest absolute Gasteiger partial charge is 0.317 e. The van der Waals surface area contributed by atoms with Gasteiger partial charge in [-0.3, -0.25) is 0 Å². The molecule has 3 aliphatic rings. The number of urea groups is 1.